The Labute approximate surface area is 262 Å². The van der Waals surface area contributed by atoms with Crippen molar-refractivity contribution in [1.29, 1.82) is 0 Å². The molecule has 9 heteroatoms. The van der Waals surface area contributed by atoms with Crippen LogP contribution in [-0.4, -0.2) is 24.3 Å². The predicted octanol–water partition coefficient (Wildman–Crippen LogP) is 5.66. The van der Waals surface area contributed by atoms with Crippen LogP contribution in [0.1, 0.15) is 35.2 Å². The molecule has 0 aliphatic carbocycles. The fourth-order valence-electron chi connectivity index (χ4n) is 5.10. The van der Waals surface area contributed by atoms with E-state index in [9.17, 15) is 14.0 Å². The molecule has 1 aliphatic rings. The third-order valence-electron chi connectivity index (χ3n) is 7.30. The molecule has 6 rings (SSSR count). The maximum Gasteiger partial charge on any atom is 0.338 e. The van der Waals surface area contributed by atoms with Crippen molar-refractivity contribution < 1.29 is 23.4 Å². The first kappa shape index (κ1) is 29.8. The Morgan fingerprint density at radius 2 is 1.62 bits per heavy atom. The van der Waals surface area contributed by atoms with Crippen LogP contribution in [-0.2, 0) is 16.1 Å². The van der Waals surface area contributed by atoms with Crippen LogP contribution in [0.4, 0.5) is 4.39 Å². The van der Waals surface area contributed by atoms with Crippen molar-refractivity contribution in [3.63, 3.8) is 0 Å². The Morgan fingerprint density at radius 3 is 2.29 bits per heavy atom. The number of ether oxygens (including phenoxy) is 3. The lowest BCUT2D eigenvalue weighted by molar-refractivity contribution is -0.138. The van der Waals surface area contributed by atoms with E-state index in [1.54, 1.807) is 48.9 Å². The zero-order chi connectivity index (χ0) is 31.3. The zero-order valence-corrected chi connectivity index (χ0v) is 25.4. The Hall–Kier alpha value is -5.28. The summed E-state index contributed by atoms with van der Waals surface area (Å²) in [5.41, 5.74) is 3.59. The lowest BCUT2D eigenvalue weighted by atomic mass is 9.93. The third kappa shape index (κ3) is 6.34. The molecule has 1 aromatic heterocycles. The lowest BCUT2D eigenvalue weighted by Crippen LogP contribution is -2.40. The van der Waals surface area contributed by atoms with Crippen LogP contribution in [0, 0.1) is 5.82 Å². The van der Waals surface area contributed by atoms with Crippen molar-refractivity contribution >= 4 is 29.1 Å². The van der Waals surface area contributed by atoms with Crippen molar-refractivity contribution in [3.8, 4) is 11.5 Å². The van der Waals surface area contributed by atoms with E-state index >= 15 is 0 Å². The number of benzene rings is 4. The molecule has 5 aromatic rings. The molecule has 4 aromatic carbocycles. The summed E-state index contributed by atoms with van der Waals surface area (Å²) in [5, 5.41) is 0. The van der Waals surface area contributed by atoms with Gasteiger partial charge in [0.2, 0.25) is 0 Å². The zero-order valence-electron chi connectivity index (χ0n) is 24.6. The van der Waals surface area contributed by atoms with Crippen molar-refractivity contribution in [3.05, 3.63) is 156 Å². The largest absolute Gasteiger partial charge is 0.497 e. The van der Waals surface area contributed by atoms with Gasteiger partial charge in [-0.3, -0.25) is 9.36 Å². The normalized spacial score (nSPS) is 14.5. The van der Waals surface area contributed by atoms with Crippen LogP contribution in [0.15, 0.2) is 118 Å². The van der Waals surface area contributed by atoms with E-state index in [1.165, 1.54) is 23.5 Å². The first-order valence-corrected chi connectivity index (χ1v) is 15.2. The minimum atomic E-state index is -0.772. The van der Waals surface area contributed by atoms with Crippen molar-refractivity contribution in [2.75, 3.05) is 13.7 Å². The number of hydrogen-bond acceptors (Lipinski definition) is 7. The molecule has 0 fully saturated rings. The molecular weight excluding hydrogens is 591 g/mol. The molecule has 1 atom stereocenters. The van der Waals surface area contributed by atoms with Gasteiger partial charge < -0.3 is 14.2 Å². The van der Waals surface area contributed by atoms with Gasteiger partial charge in [0.1, 0.15) is 23.9 Å². The molecule has 2 heterocycles. The first-order valence-electron chi connectivity index (χ1n) is 14.3. The molecule has 0 radical (unpaired) electrons. The SMILES string of the molecule is CCOC(=O)C1=C(c2ccccc2)N=c2s/c(=C\c3ccc(OCc4ccc(F)cc4)cc3)c(=O)n2[C@@H]1c1ccc(OC)cc1. The highest BCUT2D eigenvalue weighted by Crippen LogP contribution is 2.35. The summed E-state index contributed by atoms with van der Waals surface area (Å²) in [6, 6.07) is 29.5. The Kier molecular flexibility index (Phi) is 8.70. The van der Waals surface area contributed by atoms with E-state index in [0.717, 1.165) is 22.3 Å². The number of rotatable bonds is 9. The van der Waals surface area contributed by atoms with Crippen LogP contribution in [0.2, 0.25) is 0 Å². The van der Waals surface area contributed by atoms with Gasteiger partial charge >= 0.3 is 5.97 Å². The van der Waals surface area contributed by atoms with Gasteiger partial charge in [-0.2, -0.15) is 0 Å². The van der Waals surface area contributed by atoms with E-state index in [4.69, 9.17) is 19.2 Å². The number of aromatic nitrogens is 1. The van der Waals surface area contributed by atoms with Crippen molar-refractivity contribution in [2.24, 2.45) is 4.99 Å². The second-order valence-electron chi connectivity index (χ2n) is 10.2. The van der Waals surface area contributed by atoms with Crippen LogP contribution >= 0.6 is 11.3 Å². The maximum absolute atomic E-state index is 14.1. The number of thiazole rings is 1. The summed E-state index contributed by atoms with van der Waals surface area (Å²) in [4.78, 5) is 33.0. The predicted molar refractivity (Wildman–Crippen MR) is 171 cm³/mol. The average molecular weight is 621 g/mol. The Balaban J connectivity index is 1.43. The number of carbonyl (C=O) groups excluding carboxylic acids is 1. The van der Waals surface area contributed by atoms with Gasteiger partial charge in [0.15, 0.2) is 4.80 Å². The highest BCUT2D eigenvalue weighted by Gasteiger charge is 2.35. The molecule has 0 amide bonds. The number of methoxy groups -OCH3 is 1. The molecule has 45 heavy (non-hydrogen) atoms. The minimum Gasteiger partial charge on any atom is -0.497 e. The molecule has 7 nitrogen and oxygen atoms in total. The summed E-state index contributed by atoms with van der Waals surface area (Å²) in [6.45, 7) is 2.22. The summed E-state index contributed by atoms with van der Waals surface area (Å²) >= 11 is 1.26. The second kappa shape index (κ2) is 13.2. The summed E-state index contributed by atoms with van der Waals surface area (Å²) < 4.78 is 31.9. The molecular formula is C36H29FN2O5S. The standard InChI is InChI=1S/C36H29FN2O5S/c1-3-43-35(41)31-32(25-7-5-4-6-8-25)38-36-39(33(31)26-13-19-28(42-2)20-14-26)34(40)30(45-36)21-23-11-17-29(18-12-23)44-22-24-9-15-27(37)16-10-24/h4-21,33H,3,22H2,1-2H3/b30-21-/t33-/m1/s1. The Bertz CT molecular complexity index is 2030. The number of nitrogens with zero attached hydrogens (tertiary/aromatic N) is 2. The van der Waals surface area contributed by atoms with Crippen LogP contribution in [0.5, 0.6) is 11.5 Å². The molecule has 0 spiro atoms. The highest BCUT2D eigenvalue weighted by atomic mass is 32.1. The van der Waals surface area contributed by atoms with E-state index < -0.39 is 12.0 Å². The van der Waals surface area contributed by atoms with Crippen LogP contribution in [0.25, 0.3) is 11.8 Å². The number of esters is 1. The van der Waals surface area contributed by atoms with Gasteiger partial charge in [-0.25, -0.2) is 14.2 Å². The molecule has 1 aliphatic heterocycles. The number of hydrogen-bond donors (Lipinski definition) is 0. The number of halogens is 1. The number of fused-ring (bicyclic) bond motifs is 1. The Morgan fingerprint density at radius 1 is 0.933 bits per heavy atom. The van der Waals surface area contributed by atoms with Gasteiger partial charge in [-0.05, 0) is 66.1 Å². The summed E-state index contributed by atoms with van der Waals surface area (Å²) in [6.07, 6.45) is 1.80. The minimum absolute atomic E-state index is 0.174. The average Bonchev–Trinajstić information content (AvgIpc) is 3.38. The fourth-order valence-corrected chi connectivity index (χ4v) is 6.10. The van der Waals surface area contributed by atoms with E-state index in [1.807, 2.05) is 66.7 Å². The third-order valence-corrected chi connectivity index (χ3v) is 8.28. The van der Waals surface area contributed by atoms with E-state index in [0.29, 0.717) is 33.1 Å². The van der Waals surface area contributed by atoms with E-state index in [-0.39, 0.29) is 23.6 Å². The lowest BCUT2D eigenvalue weighted by Gasteiger charge is -2.26. The van der Waals surface area contributed by atoms with Gasteiger partial charge in [-0.1, -0.05) is 78.1 Å². The van der Waals surface area contributed by atoms with Gasteiger partial charge in [0.05, 0.1) is 35.6 Å². The topological polar surface area (TPSA) is 79.1 Å². The van der Waals surface area contributed by atoms with Gasteiger partial charge in [0.25, 0.3) is 5.56 Å². The highest BCUT2D eigenvalue weighted by molar-refractivity contribution is 7.07. The summed E-state index contributed by atoms with van der Waals surface area (Å²) in [7, 11) is 1.58. The maximum atomic E-state index is 14.1. The monoisotopic (exact) mass is 620 g/mol. The van der Waals surface area contributed by atoms with E-state index in [2.05, 4.69) is 0 Å². The quantitative estimate of drug-likeness (QED) is 0.199. The molecule has 0 saturated heterocycles. The molecule has 0 unspecified atom stereocenters. The van der Waals surface area contributed by atoms with Crippen LogP contribution in [0.3, 0.4) is 0 Å². The second-order valence-corrected chi connectivity index (χ2v) is 11.2. The first-order chi connectivity index (χ1) is 21.9. The number of carbonyl (C=O) groups is 1. The summed E-state index contributed by atoms with van der Waals surface area (Å²) in [5.74, 6) is 0.466. The van der Waals surface area contributed by atoms with Crippen LogP contribution < -0.4 is 24.4 Å². The van der Waals surface area contributed by atoms with Crippen molar-refractivity contribution in [1.82, 2.24) is 4.57 Å². The van der Waals surface area contributed by atoms with Gasteiger partial charge in [-0.15, -0.1) is 0 Å². The van der Waals surface area contributed by atoms with Gasteiger partial charge in [0, 0.05) is 5.56 Å². The molecule has 226 valence electrons. The fraction of sp³-hybridized carbons (Fsp3) is 0.139. The van der Waals surface area contributed by atoms with Crippen molar-refractivity contribution in [2.45, 2.75) is 19.6 Å². The molecule has 0 N–H and O–H groups in total. The smallest absolute Gasteiger partial charge is 0.338 e. The molecule has 0 saturated carbocycles. The molecule has 0 bridgehead atoms.